The number of fused-ring (bicyclic) bond motifs is 1. The summed E-state index contributed by atoms with van der Waals surface area (Å²) in [5.74, 6) is 0.320. The van der Waals surface area contributed by atoms with Gasteiger partial charge in [-0.05, 0) is 41.6 Å². The van der Waals surface area contributed by atoms with Crippen LogP contribution in [-0.2, 0) is 0 Å². The SMILES string of the molecule is O=Nc1ccc(OC(=O)Nc2nc3ccccc3s2)cc1. The van der Waals surface area contributed by atoms with Crippen LogP contribution in [0.1, 0.15) is 0 Å². The number of nitroso groups, excluding NO2 is 1. The number of thiazole rings is 1. The van der Waals surface area contributed by atoms with Crippen molar-refractivity contribution >= 4 is 38.5 Å². The van der Waals surface area contributed by atoms with Crippen molar-refractivity contribution in [3.8, 4) is 5.75 Å². The van der Waals surface area contributed by atoms with Gasteiger partial charge in [0.15, 0.2) is 5.13 Å². The Labute approximate surface area is 123 Å². The first kappa shape index (κ1) is 13.2. The van der Waals surface area contributed by atoms with Gasteiger partial charge in [-0.3, -0.25) is 5.32 Å². The Morgan fingerprint density at radius 1 is 1.14 bits per heavy atom. The standard InChI is InChI=1S/C14H9N3O3S/c18-14(20-10-7-5-9(17-19)6-8-10)16-13-15-11-3-1-2-4-12(11)21-13/h1-8H,(H,15,16,18). The van der Waals surface area contributed by atoms with Gasteiger partial charge in [-0.1, -0.05) is 23.5 Å². The van der Waals surface area contributed by atoms with Crippen LogP contribution in [0.5, 0.6) is 5.75 Å². The first-order valence-electron chi connectivity index (χ1n) is 6.02. The highest BCUT2D eigenvalue weighted by Crippen LogP contribution is 2.25. The van der Waals surface area contributed by atoms with Crippen molar-refractivity contribution in [1.82, 2.24) is 4.98 Å². The van der Waals surface area contributed by atoms with Crippen molar-refractivity contribution in [2.75, 3.05) is 5.32 Å². The van der Waals surface area contributed by atoms with E-state index in [-0.39, 0.29) is 5.69 Å². The van der Waals surface area contributed by atoms with Crippen molar-refractivity contribution in [3.63, 3.8) is 0 Å². The summed E-state index contributed by atoms with van der Waals surface area (Å²) in [5, 5.41) is 5.80. The van der Waals surface area contributed by atoms with Crippen molar-refractivity contribution < 1.29 is 9.53 Å². The van der Waals surface area contributed by atoms with Crippen LogP contribution >= 0.6 is 11.3 Å². The molecule has 0 fully saturated rings. The van der Waals surface area contributed by atoms with Crippen LogP contribution in [0.15, 0.2) is 53.7 Å². The van der Waals surface area contributed by atoms with E-state index in [0.717, 1.165) is 10.2 Å². The molecule has 0 radical (unpaired) electrons. The summed E-state index contributed by atoms with van der Waals surface area (Å²) in [6, 6.07) is 13.5. The van der Waals surface area contributed by atoms with E-state index in [9.17, 15) is 9.70 Å². The molecule has 0 unspecified atom stereocenters. The molecule has 3 rings (SSSR count). The molecule has 2 aromatic carbocycles. The van der Waals surface area contributed by atoms with Gasteiger partial charge in [-0.2, -0.15) is 0 Å². The molecular formula is C14H9N3O3S. The van der Waals surface area contributed by atoms with E-state index in [1.165, 1.54) is 35.6 Å². The largest absolute Gasteiger partial charge is 0.418 e. The Morgan fingerprint density at radius 3 is 2.62 bits per heavy atom. The second-order valence-electron chi connectivity index (χ2n) is 4.09. The van der Waals surface area contributed by atoms with Gasteiger partial charge in [0.1, 0.15) is 11.4 Å². The van der Waals surface area contributed by atoms with Crippen LogP contribution < -0.4 is 10.1 Å². The van der Waals surface area contributed by atoms with Crippen LogP contribution in [-0.4, -0.2) is 11.1 Å². The molecular weight excluding hydrogens is 290 g/mol. The molecule has 0 bridgehead atoms. The maximum Gasteiger partial charge on any atom is 0.418 e. The van der Waals surface area contributed by atoms with E-state index in [0.29, 0.717) is 10.9 Å². The molecule has 0 aliphatic rings. The van der Waals surface area contributed by atoms with E-state index in [4.69, 9.17) is 4.74 Å². The van der Waals surface area contributed by atoms with Crippen LogP contribution in [0.2, 0.25) is 0 Å². The van der Waals surface area contributed by atoms with E-state index in [1.807, 2.05) is 24.3 Å². The lowest BCUT2D eigenvalue weighted by Crippen LogP contribution is -2.16. The van der Waals surface area contributed by atoms with Crippen LogP contribution in [0.4, 0.5) is 15.6 Å². The fourth-order valence-electron chi connectivity index (χ4n) is 1.72. The van der Waals surface area contributed by atoms with Gasteiger partial charge in [0.25, 0.3) is 0 Å². The Kier molecular flexibility index (Phi) is 3.57. The van der Waals surface area contributed by atoms with E-state index < -0.39 is 6.09 Å². The molecule has 7 heteroatoms. The Balaban J connectivity index is 1.69. The number of nitrogens with one attached hydrogen (secondary N) is 1. The fourth-order valence-corrected chi connectivity index (χ4v) is 2.57. The second kappa shape index (κ2) is 5.68. The zero-order valence-corrected chi connectivity index (χ0v) is 11.5. The lowest BCUT2D eigenvalue weighted by Gasteiger charge is -2.03. The van der Waals surface area contributed by atoms with Crippen molar-refractivity contribution in [2.24, 2.45) is 5.18 Å². The first-order valence-corrected chi connectivity index (χ1v) is 6.84. The third-order valence-corrected chi connectivity index (χ3v) is 3.61. The number of rotatable bonds is 3. The van der Waals surface area contributed by atoms with Crippen molar-refractivity contribution in [3.05, 3.63) is 53.4 Å². The summed E-state index contributed by atoms with van der Waals surface area (Å²) in [4.78, 5) is 26.3. The topological polar surface area (TPSA) is 80.6 Å². The molecule has 104 valence electrons. The van der Waals surface area contributed by atoms with E-state index in [2.05, 4.69) is 15.5 Å². The normalized spacial score (nSPS) is 10.3. The highest BCUT2D eigenvalue weighted by atomic mass is 32.1. The highest BCUT2D eigenvalue weighted by molar-refractivity contribution is 7.22. The number of carbonyl (C=O) groups excluding carboxylic acids is 1. The zero-order valence-electron chi connectivity index (χ0n) is 10.6. The van der Waals surface area contributed by atoms with Gasteiger partial charge in [0, 0.05) is 0 Å². The summed E-state index contributed by atoms with van der Waals surface area (Å²) in [6.07, 6.45) is -0.638. The molecule has 0 saturated carbocycles. The van der Waals surface area contributed by atoms with Gasteiger partial charge in [-0.15, -0.1) is 4.91 Å². The van der Waals surface area contributed by atoms with E-state index in [1.54, 1.807) is 0 Å². The monoisotopic (exact) mass is 299 g/mol. The summed E-state index contributed by atoms with van der Waals surface area (Å²) in [5.41, 5.74) is 1.09. The number of benzene rings is 2. The molecule has 21 heavy (non-hydrogen) atoms. The summed E-state index contributed by atoms with van der Waals surface area (Å²) < 4.78 is 6.07. The number of para-hydroxylation sites is 1. The van der Waals surface area contributed by atoms with Gasteiger partial charge >= 0.3 is 6.09 Å². The zero-order chi connectivity index (χ0) is 14.7. The smallest absolute Gasteiger partial charge is 0.410 e. The van der Waals surface area contributed by atoms with Crippen LogP contribution in [0.25, 0.3) is 10.2 Å². The van der Waals surface area contributed by atoms with Crippen LogP contribution in [0, 0.1) is 4.91 Å². The number of aromatic nitrogens is 1. The molecule has 3 aromatic rings. The van der Waals surface area contributed by atoms with Gasteiger partial charge in [-0.25, -0.2) is 9.78 Å². The van der Waals surface area contributed by atoms with Gasteiger partial charge in [0.05, 0.1) is 10.2 Å². The number of anilines is 1. The average Bonchev–Trinajstić information content (AvgIpc) is 2.90. The number of hydrogen-bond acceptors (Lipinski definition) is 6. The number of carbonyl (C=O) groups is 1. The molecule has 0 spiro atoms. The number of ether oxygens (including phenoxy) is 1. The summed E-state index contributed by atoms with van der Waals surface area (Å²) >= 11 is 1.36. The number of amides is 1. The predicted octanol–water partition coefficient (Wildman–Crippen LogP) is 4.31. The van der Waals surface area contributed by atoms with Crippen molar-refractivity contribution in [2.45, 2.75) is 0 Å². The third kappa shape index (κ3) is 3.03. The molecule has 1 amide bonds. The lowest BCUT2D eigenvalue weighted by molar-refractivity contribution is 0.215. The summed E-state index contributed by atoms with van der Waals surface area (Å²) in [6.45, 7) is 0. The Morgan fingerprint density at radius 2 is 1.90 bits per heavy atom. The maximum absolute atomic E-state index is 11.8. The first-order chi connectivity index (χ1) is 10.2. The average molecular weight is 299 g/mol. The quantitative estimate of drug-likeness (QED) is 0.731. The van der Waals surface area contributed by atoms with Gasteiger partial charge in [0.2, 0.25) is 0 Å². The second-order valence-corrected chi connectivity index (χ2v) is 5.12. The predicted molar refractivity (Wildman–Crippen MR) is 81.2 cm³/mol. The molecule has 0 atom stereocenters. The maximum atomic E-state index is 11.8. The minimum atomic E-state index is -0.638. The van der Waals surface area contributed by atoms with Gasteiger partial charge < -0.3 is 4.74 Å². The minimum Gasteiger partial charge on any atom is -0.410 e. The number of hydrogen-bond donors (Lipinski definition) is 1. The lowest BCUT2D eigenvalue weighted by atomic mass is 10.3. The molecule has 6 nitrogen and oxygen atoms in total. The van der Waals surface area contributed by atoms with Crippen molar-refractivity contribution in [1.29, 1.82) is 0 Å². The molecule has 1 N–H and O–H groups in total. The third-order valence-electron chi connectivity index (χ3n) is 2.66. The molecule has 0 aliphatic heterocycles. The molecule has 0 saturated heterocycles. The fraction of sp³-hybridized carbons (Fsp3) is 0. The van der Waals surface area contributed by atoms with Crippen LogP contribution in [0.3, 0.4) is 0 Å². The molecule has 0 aliphatic carbocycles. The summed E-state index contributed by atoms with van der Waals surface area (Å²) in [7, 11) is 0. The Hall–Kier alpha value is -2.80. The highest BCUT2D eigenvalue weighted by Gasteiger charge is 2.09. The minimum absolute atomic E-state index is 0.272. The number of nitrogens with zero attached hydrogens (tertiary/aromatic N) is 2. The van der Waals surface area contributed by atoms with E-state index >= 15 is 0 Å². The molecule has 1 heterocycles. The Bertz CT molecular complexity index is 766. The molecule has 1 aromatic heterocycles.